The number of rotatable bonds is 4. The minimum Gasteiger partial charge on any atom is -0.274 e. The van der Waals surface area contributed by atoms with Crippen molar-refractivity contribution >= 4 is 27.7 Å². The van der Waals surface area contributed by atoms with Crippen LogP contribution < -0.4 is 0 Å². The van der Waals surface area contributed by atoms with Gasteiger partial charge in [-0.3, -0.25) is 14.5 Å². The number of fused-ring (bicyclic) bond motifs is 1. The van der Waals surface area contributed by atoms with E-state index in [1.54, 1.807) is 24.3 Å². The van der Waals surface area contributed by atoms with Crippen molar-refractivity contribution in [1.82, 2.24) is 4.90 Å². The van der Waals surface area contributed by atoms with Gasteiger partial charge in [-0.25, -0.2) is 0 Å². The van der Waals surface area contributed by atoms with Crippen LogP contribution in [0.15, 0.2) is 53.0 Å². The van der Waals surface area contributed by atoms with Crippen LogP contribution in [0.5, 0.6) is 0 Å². The fraction of sp³-hybridized carbons (Fsp3) is 0.176. The van der Waals surface area contributed by atoms with Gasteiger partial charge in [0.25, 0.3) is 11.8 Å². The number of halogens is 1. The molecule has 0 fully saturated rings. The van der Waals surface area contributed by atoms with Gasteiger partial charge in [0.1, 0.15) is 0 Å². The number of carbonyl (C=O) groups excluding carboxylic acids is 2. The van der Waals surface area contributed by atoms with E-state index in [-0.39, 0.29) is 11.8 Å². The molecule has 0 aromatic heterocycles. The molecule has 0 saturated heterocycles. The molecule has 1 heterocycles. The first kappa shape index (κ1) is 14.0. The lowest BCUT2D eigenvalue weighted by atomic mass is 10.1. The predicted molar refractivity (Wildman–Crippen MR) is 84.3 cm³/mol. The Kier molecular flexibility index (Phi) is 3.88. The minimum atomic E-state index is -0.176. The van der Waals surface area contributed by atoms with E-state index in [0.29, 0.717) is 17.7 Å². The first-order valence-electron chi connectivity index (χ1n) is 6.86. The van der Waals surface area contributed by atoms with Crippen molar-refractivity contribution in [2.24, 2.45) is 0 Å². The molecule has 2 aromatic rings. The Bertz CT molecular complexity index is 676. The van der Waals surface area contributed by atoms with E-state index in [9.17, 15) is 9.59 Å². The maximum atomic E-state index is 12.2. The zero-order chi connectivity index (χ0) is 14.8. The first-order valence-corrected chi connectivity index (χ1v) is 7.66. The highest BCUT2D eigenvalue weighted by Gasteiger charge is 2.34. The van der Waals surface area contributed by atoms with E-state index in [4.69, 9.17) is 0 Å². The summed E-state index contributed by atoms with van der Waals surface area (Å²) in [5.74, 6) is -0.352. The van der Waals surface area contributed by atoms with Crippen molar-refractivity contribution in [1.29, 1.82) is 0 Å². The van der Waals surface area contributed by atoms with Gasteiger partial charge < -0.3 is 0 Å². The van der Waals surface area contributed by atoms with Gasteiger partial charge in [-0.1, -0.05) is 40.2 Å². The van der Waals surface area contributed by atoms with E-state index in [1.807, 2.05) is 18.2 Å². The van der Waals surface area contributed by atoms with Gasteiger partial charge in [0.15, 0.2) is 0 Å². The standard InChI is InChI=1S/C17H14BrNO2/c18-13-7-3-5-12(11-13)6-4-10-19-16(20)14-8-1-2-9-15(14)17(19)21/h1-3,5,7-9,11H,4,6,10H2. The highest BCUT2D eigenvalue weighted by atomic mass is 79.9. The fourth-order valence-corrected chi connectivity index (χ4v) is 3.02. The second kappa shape index (κ2) is 5.82. The normalized spacial score (nSPS) is 13.7. The van der Waals surface area contributed by atoms with Crippen LogP contribution >= 0.6 is 15.9 Å². The molecule has 1 aliphatic heterocycles. The molecular formula is C17H14BrNO2. The van der Waals surface area contributed by atoms with E-state index in [0.717, 1.165) is 17.3 Å². The van der Waals surface area contributed by atoms with E-state index in [2.05, 4.69) is 22.0 Å². The maximum absolute atomic E-state index is 12.2. The lowest BCUT2D eigenvalue weighted by molar-refractivity contribution is 0.0652. The molecule has 1 aliphatic rings. The van der Waals surface area contributed by atoms with Gasteiger partial charge in [-0.05, 0) is 42.7 Å². The molecule has 3 rings (SSSR count). The van der Waals surface area contributed by atoms with Gasteiger partial charge >= 0.3 is 0 Å². The summed E-state index contributed by atoms with van der Waals surface area (Å²) in [6.45, 7) is 0.457. The summed E-state index contributed by atoms with van der Waals surface area (Å²) < 4.78 is 1.04. The van der Waals surface area contributed by atoms with Crippen molar-refractivity contribution in [3.8, 4) is 0 Å². The topological polar surface area (TPSA) is 37.4 Å². The number of nitrogens with zero attached hydrogens (tertiary/aromatic N) is 1. The average Bonchev–Trinajstić information content (AvgIpc) is 2.73. The summed E-state index contributed by atoms with van der Waals surface area (Å²) in [5, 5.41) is 0. The quantitative estimate of drug-likeness (QED) is 0.794. The Morgan fingerprint density at radius 2 is 1.57 bits per heavy atom. The van der Waals surface area contributed by atoms with Crippen molar-refractivity contribution in [2.75, 3.05) is 6.54 Å². The van der Waals surface area contributed by atoms with E-state index >= 15 is 0 Å². The van der Waals surface area contributed by atoms with Gasteiger partial charge in [0.05, 0.1) is 11.1 Å². The Balaban J connectivity index is 1.65. The van der Waals surface area contributed by atoms with Gasteiger partial charge in [0.2, 0.25) is 0 Å². The van der Waals surface area contributed by atoms with Crippen LogP contribution in [0.25, 0.3) is 0 Å². The molecule has 0 atom stereocenters. The molecule has 0 spiro atoms. The monoisotopic (exact) mass is 343 g/mol. The number of amides is 2. The summed E-state index contributed by atoms with van der Waals surface area (Å²) in [6, 6.07) is 15.1. The van der Waals surface area contributed by atoms with Crippen LogP contribution in [0, 0.1) is 0 Å². The number of benzene rings is 2. The Morgan fingerprint density at radius 1 is 0.905 bits per heavy atom. The smallest absolute Gasteiger partial charge is 0.261 e. The Hall–Kier alpha value is -1.94. The lowest BCUT2D eigenvalue weighted by Gasteiger charge is -2.13. The molecule has 3 nitrogen and oxygen atoms in total. The molecule has 0 bridgehead atoms. The number of hydrogen-bond acceptors (Lipinski definition) is 2. The van der Waals surface area contributed by atoms with E-state index < -0.39 is 0 Å². The van der Waals surface area contributed by atoms with Gasteiger partial charge in [-0.15, -0.1) is 0 Å². The molecule has 106 valence electrons. The SMILES string of the molecule is O=C1c2ccccc2C(=O)N1CCCc1cccc(Br)c1. The number of carbonyl (C=O) groups is 2. The highest BCUT2D eigenvalue weighted by molar-refractivity contribution is 9.10. The third kappa shape index (κ3) is 2.76. The van der Waals surface area contributed by atoms with Gasteiger partial charge in [-0.2, -0.15) is 0 Å². The molecule has 2 aromatic carbocycles. The molecule has 4 heteroatoms. The fourth-order valence-electron chi connectivity index (χ4n) is 2.58. The third-order valence-corrected chi connectivity index (χ3v) is 4.11. The van der Waals surface area contributed by atoms with Crippen LogP contribution in [0.3, 0.4) is 0 Å². The Morgan fingerprint density at radius 3 is 2.19 bits per heavy atom. The van der Waals surface area contributed by atoms with Crippen molar-refractivity contribution in [3.05, 3.63) is 69.7 Å². The summed E-state index contributed by atoms with van der Waals surface area (Å²) in [6.07, 6.45) is 1.61. The van der Waals surface area contributed by atoms with Crippen LogP contribution in [-0.2, 0) is 6.42 Å². The van der Waals surface area contributed by atoms with Crippen LogP contribution in [-0.4, -0.2) is 23.3 Å². The molecule has 0 aliphatic carbocycles. The number of hydrogen-bond donors (Lipinski definition) is 0. The average molecular weight is 344 g/mol. The molecule has 0 saturated carbocycles. The van der Waals surface area contributed by atoms with Gasteiger partial charge in [0, 0.05) is 11.0 Å². The second-order valence-corrected chi connectivity index (χ2v) is 5.96. The Labute approximate surface area is 131 Å². The summed E-state index contributed by atoms with van der Waals surface area (Å²) in [5.41, 5.74) is 2.23. The summed E-state index contributed by atoms with van der Waals surface area (Å²) in [4.78, 5) is 25.8. The molecule has 21 heavy (non-hydrogen) atoms. The first-order chi connectivity index (χ1) is 10.2. The highest BCUT2D eigenvalue weighted by Crippen LogP contribution is 2.23. The molecule has 0 unspecified atom stereocenters. The minimum absolute atomic E-state index is 0.176. The van der Waals surface area contributed by atoms with E-state index in [1.165, 1.54) is 10.5 Å². The molecular weight excluding hydrogens is 330 g/mol. The lowest BCUT2D eigenvalue weighted by Crippen LogP contribution is -2.30. The third-order valence-electron chi connectivity index (χ3n) is 3.61. The maximum Gasteiger partial charge on any atom is 0.261 e. The molecule has 2 amide bonds. The van der Waals surface area contributed by atoms with Crippen LogP contribution in [0.1, 0.15) is 32.7 Å². The number of imide groups is 1. The second-order valence-electron chi connectivity index (χ2n) is 5.04. The zero-order valence-corrected chi connectivity index (χ0v) is 13.0. The van der Waals surface area contributed by atoms with Crippen LogP contribution in [0.2, 0.25) is 0 Å². The summed E-state index contributed by atoms with van der Waals surface area (Å²) in [7, 11) is 0. The van der Waals surface area contributed by atoms with Crippen molar-refractivity contribution < 1.29 is 9.59 Å². The zero-order valence-electron chi connectivity index (χ0n) is 11.4. The summed E-state index contributed by atoms with van der Waals surface area (Å²) >= 11 is 3.44. The largest absolute Gasteiger partial charge is 0.274 e. The number of aryl methyl sites for hydroxylation is 1. The molecule has 0 N–H and O–H groups in total. The predicted octanol–water partition coefficient (Wildman–Crippen LogP) is 3.68. The van der Waals surface area contributed by atoms with Crippen molar-refractivity contribution in [3.63, 3.8) is 0 Å². The van der Waals surface area contributed by atoms with Crippen LogP contribution in [0.4, 0.5) is 0 Å². The molecule has 0 radical (unpaired) electrons. The van der Waals surface area contributed by atoms with Crippen molar-refractivity contribution in [2.45, 2.75) is 12.8 Å².